The van der Waals surface area contributed by atoms with Crippen molar-refractivity contribution in [2.24, 2.45) is 17.9 Å². The molecular formula is C13H14BrN5O2. The molecule has 0 atom stereocenters. The van der Waals surface area contributed by atoms with Gasteiger partial charge in [-0.15, -0.1) is 0 Å². The lowest BCUT2D eigenvalue weighted by Gasteiger charge is -2.10. The molecule has 110 valence electrons. The van der Waals surface area contributed by atoms with E-state index in [0.29, 0.717) is 16.9 Å². The molecule has 0 radical (unpaired) electrons. The van der Waals surface area contributed by atoms with E-state index in [-0.39, 0.29) is 11.7 Å². The van der Waals surface area contributed by atoms with E-state index in [9.17, 15) is 4.79 Å². The zero-order valence-corrected chi connectivity index (χ0v) is 13.0. The number of nitrogens with one attached hydrogen (secondary N) is 1. The van der Waals surface area contributed by atoms with Crippen LogP contribution in [0.3, 0.4) is 0 Å². The normalized spacial score (nSPS) is 11.5. The molecule has 1 amide bonds. The Morgan fingerprint density at radius 1 is 1.48 bits per heavy atom. The number of rotatable bonds is 3. The number of aromatic nitrogens is 2. The van der Waals surface area contributed by atoms with Crippen molar-refractivity contribution < 1.29 is 10.0 Å². The van der Waals surface area contributed by atoms with Crippen LogP contribution < -0.4 is 11.1 Å². The number of nitrogens with zero attached hydrogens (tertiary/aromatic N) is 3. The number of carbonyl (C=O) groups excluding carboxylic acids is 1. The van der Waals surface area contributed by atoms with Crippen molar-refractivity contribution in [3.05, 3.63) is 45.6 Å². The molecule has 2 rings (SSSR count). The van der Waals surface area contributed by atoms with Gasteiger partial charge in [-0.05, 0) is 24.6 Å². The lowest BCUT2D eigenvalue weighted by atomic mass is 10.1. The second-order valence-electron chi connectivity index (χ2n) is 4.43. The van der Waals surface area contributed by atoms with Gasteiger partial charge in [-0.25, -0.2) is 0 Å². The molecule has 0 fully saturated rings. The monoisotopic (exact) mass is 351 g/mol. The molecule has 0 saturated carbocycles. The van der Waals surface area contributed by atoms with Gasteiger partial charge in [0.25, 0.3) is 5.91 Å². The van der Waals surface area contributed by atoms with Crippen LogP contribution in [0.1, 0.15) is 21.5 Å². The van der Waals surface area contributed by atoms with Crippen LogP contribution in [0.2, 0.25) is 0 Å². The molecule has 1 aromatic heterocycles. The molecular weight excluding hydrogens is 338 g/mol. The van der Waals surface area contributed by atoms with E-state index in [1.54, 1.807) is 13.1 Å². The highest BCUT2D eigenvalue weighted by Gasteiger charge is 2.17. The van der Waals surface area contributed by atoms with Gasteiger partial charge in [-0.1, -0.05) is 27.2 Å². The molecule has 1 heterocycles. The Hall–Kier alpha value is -2.35. The van der Waals surface area contributed by atoms with E-state index < -0.39 is 0 Å². The zero-order chi connectivity index (χ0) is 15.6. The molecule has 0 bridgehead atoms. The number of hydrogen-bond donors (Lipinski definition) is 3. The highest BCUT2D eigenvalue weighted by Crippen LogP contribution is 2.19. The van der Waals surface area contributed by atoms with Crippen molar-refractivity contribution in [1.29, 1.82) is 0 Å². The molecule has 0 aliphatic rings. The minimum Gasteiger partial charge on any atom is -0.409 e. The first kappa shape index (κ1) is 15.0. The molecule has 4 N–H and O–H groups in total. The molecule has 0 aliphatic heterocycles. The zero-order valence-electron chi connectivity index (χ0n) is 11.5. The minimum absolute atomic E-state index is 0.121. The van der Waals surface area contributed by atoms with Crippen LogP contribution in [0, 0.1) is 6.92 Å². The number of anilines is 1. The third kappa shape index (κ3) is 3.05. The summed E-state index contributed by atoms with van der Waals surface area (Å²) >= 11 is 3.34. The Bertz CT molecular complexity index is 723. The van der Waals surface area contributed by atoms with Gasteiger partial charge >= 0.3 is 0 Å². The van der Waals surface area contributed by atoms with E-state index in [1.165, 1.54) is 10.9 Å². The Labute approximate surface area is 129 Å². The van der Waals surface area contributed by atoms with Crippen molar-refractivity contribution in [3.8, 4) is 0 Å². The number of amides is 1. The van der Waals surface area contributed by atoms with Gasteiger partial charge in [-0.2, -0.15) is 5.10 Å². The molecule has 0 saturated heterocycles. The Balaban J connectivity index is 2.36. The number of benzene rings is 1. The predicted molar refractivity (Wildman–Crippen MR) is 82.6 cm³/mol. The predicted octanol–water partition coefficient (Wildman–Crippen LogP) is 1.84. The summed E-state index contributed by atoms with van der Waals surface area (Å²) in [6, 6.07) is 5.43. The van der Waals surface area contributed by atoms with Gasteiger partial charge in [0.15, 0.2) is 5.84 Å². The minimum atomic E-state index is -0.301. The first-order chi connectivity index (χ1) is 9.93. The summed E-state index contributed by atoms with van der Waals surface area (Å²) in [4.78, 5) is 12.4. The van der Waals surface area contributed by atoms with Crippen LogP contribution in [-0.4, -0.2) is 26.7 Å². The van der Waals surface area contributed by atoms with Crippen LogP contribution in [0.4, 0.5) is 5.82 Å². The van der Waals surface area contributed by atoms with E-state index in [0.717, 1.165) is 10.0 Å². The fraction of sp³-hybridized carbons (Fsp3) is 0.154. The lowest BCUT2D eigenvalue weighted by molar-refractivity contribution is 0.102. The van der Waals surface area contributed by atoms with Gasteiger partial charge in [0.05, 0.1) is 11.8 Å². The van der Waals surface area contributed by atoms with Crippen molar-refractivity contribution in [1.82, 2.24) is 9.78 Å². The maximum atomic E-state index is 12.4. The quantitative estimate of drug-likeness (QED) is 0.339. The second-order valence-corrected chi connectivity index (χ2v) is 5.34. The molecule has 1 aromatic carbocycles. The summed E-state index contributed by atoms with van der Waals surface area (Å²) in [5.74, 6) is -0.0663. The van der Waals surface area contributed by atoms with Gasteiger partial charge in [0.1, 0.15) is 5.82 Å². The average molecular weight is 352 g/mol. The first-order valence-corrected chi connectivity index (χ1v) is 6.80. The molecule has 7 nitrogen and oxygen atoms in total. The number of oxime groups is 1. The number of halogens is 1. The van der Waals surface area contributed by atoms with Crippen LogP contribution in [-0.2, 0) is 7.05 Å². The molecule has 2 aromatic rings. The summed E-state index contributed by atoms with van der Waals surface area (Å²) in [6.07, 6.45) is 1.42. The van der Waals surface area contributed by atoms with E-state index in [1.807, 2.05) is 19.1 Å². The third-order valence-corrected chi connectivity index (χ3v) is 3.49. The average Bonchev–Trinajstić information content (AvgIpc) is 2.82. The summed E-state index contributed by atoms with van der Waals surface area (Å²) in [6.45, 7) is 1.84. The Kier molecular flexibility index (Phi) is 4.27. The number of amidine groups is 1. The van der Waals surface area contributed by atoms with Gasteiger partial charge in [0, 0.05) is 17.1 Å². The number of hydrogen-bond acceptors (Lipinski definition) is 4. The summed E-state index contributed by atoms with van der Waals surface area (Å²) in [5, 5.41) is 18.4. The fourth-order valence-electron chi connectivity index (χ4n) is 1.84. The standard InChI is InChI=1S/C13H14BrN5O2/c1-7-3-4-8(14)5-9(7)13(20)17-12-10(11(15)18-21)6-16-19(12)2/h3-6,21H,1-2H3,(H2,15,18)(H,17,20). The Morgan fingerprint density at radius 3 is 2.86 bits per heavy atom. The largest absolute Gasteiger partial charge is 0.409 e. The van der Waals surface area contributed by atoms with Gasteiger partial charge < -0.3 is 16.3 Å². The van der Waals surface area contributed by atoms with Crippen LogP contribution in [0.25, 0.3) is 0 Å². The van der Waals surface area contributed by atoms with Crippen LogP contribution in [0.5, 0.6) is 0 Å². The fourth-order valence-corrected chi connectivity index (χ4v) is 2.20. The number of carbonyl (C=O) groups is 1. The molecule has 0 aliphatic carbocycles. The number of nitrogens with two attached hydrogens (primary N) is 1. The van der Waals surface area contributed by atoms with E-state index >= 15 is 0 Å². The van der Waals surface area contributed by atoms with Crippen molar-refractivity contribution >= 4 is 33.5 Å². The van der Waals surface area contributed by atoms with Gasteiger partial charge in [0.2, 0.25) is 0 Å². The molecule has 0 spiro atoms. The summed E-state index contributed by atoms with van der Waals surface area (Å²) < 4.78 is 2.25. The van der Waals surface area contributed by atoms with Crippen molar-refractivity contribution in [2.75, 3.05) is 5.32 Å². The van der Waals surface area contributed by atoms with Crippen LogP contribution in [0.15, 0.2) is 34.0 Å². The third-order valence-electron chi connectivity index (χ3n) is 3.00. The number of aryl methyl sites for hydroxylation is 2. The molecule has 0 unspecified atom stereocenters. The van der Waals surface area contributed by atoms with Gasteiger partial charge in [-0.3, -0.25) is 9.48 Å². The molecule has 8 heteroatoms. The topological polar surface area (TPSA) is 106 Å². The SMILES string of the molecule is Cc1ccc(Br)cc1C(=O)Nc1c(C(N)=NO)cnn1C. The highest BCUT2D eigenvalue weighted by atomic mass is 79.9. The lowest BCUT2D eigenvalue weighted by Crippen LogP contribution is -2.20. The van der Waals surface area contributed by atoms with Crippen LogP contribution >= 0.6 is 15.9 Å². The van der Waals surface area contributed by atoms with E-state index in [4.69, 9.17) is 10.9 Å². The first-order valence-electron chi connectivity index (χ1n) is 6.01. The summed E-state index contributed by atoms with van der Waals surface area (Å²) in [5.41, 5.74) is 7.27. The van der Waals surface area contributed by atoms with Crippen molar-refractivity contribution in [3.63, 3.8) is 0 Å². The molecule has 21 heavy (non-hydrogen) atoms. The Morgan fingerprint density at radius 2 is 2.19 bits per heavy atom. The maximum Gasteiger partial charge on any atom is 0.257 e. The summed E-state index contributed by atoms with van der Waals surface area (Å²) in [7, 11) is 1.65. The second kappa shape index (κ2) is 5.96. The van der Waals surface area contributed by atoms with E-state index in [2.05, 4.69) is 31.5 Å². The smallest absolute Gasteiger partial charge is 0.257 e. The van der Waals surface area contributed by atoms with Crippen molar-refractivity contribution in [2.45, 2.75) is 6.92 Å². The highest BCUT2D eigenvalue weighted by molar-refractivity contribution is 9.10. The maximum absolute atomic E-state index is 12.4.